The van der Waals surface area contributed by atoms with Crippen LogP contribution in [0.15, 0.2) is 18.5 Å². The Labute approximate surface area is 125 Å². The Hall–Kier alpha value is -1.69. The summed E-state index contributed by atoms with van der Waals surface area (Å²) in [5.74, 6) is 1.01. The molecular formula is C15H22N4O2. The van der Waals surface area contributed by atoms with Crippen molar-refractivity contribution in [2.24, 2.45) is 5.41 Å². The Morgan fingerprint density at radius 3 is 2.86 bits per heavy atom. The molecule has 0 saturated carbocycles. The first-order chi connectivity index (χ1) is 10.2. The molecular weight excluding hydrogens is 268 g/mol. The van der Waals surface area contributed by atoms with Crippen LogP contribution in [-0.4, -0.2) is 60.7 Å². The van der Waals surface area contributed by atoms with Crippen LogP contribution in [0.25, 0.3) is 0 Å². The smallest absolute Gasteiger partial charge is 0.230 e. The molecule has 1 unspecified atom stereocenters. The SMILES string of the molecule is COCCN1CCC2(CCCN(c3ncccn3)C2)C1=O. The Bertz CT molecular complexity index is 496. The zero-order chi connectivity index (χ0) is 14.7. The van der Waals surface area contributed by atoms with Crippen molar-refractivity contribution in [3.8, 4) is 0 Å². The molecule has 114 valence electrons. The predicted octanol–water partition coefficient (Wildman–Crippen LogP) is 0.942. The largest absolute Gasteiger partial charge is 0.383 e. The van der Waals surface area contributed by atoms with Gasteiger partial charge in [-0.25, -0.2) is 9.97 Å². The van der Waals surface area contributed by atoms with Gasteiger partial charge >= 0.3 is 0 Å². The number of piperidine rings is 1. The lowest BCUT2D eigenvalue weighted by atomic mass is 9.78. The van der Waals surface area contributed by atoms with Gasteiger partial charge in [-0.05, 0) is 25.3 Å². The van der Waals surface area contributed by atoms with Gasteiger partial charge in [0.25, 0.3) is 0 Å². The van der Waals surface area contributed by atoms with Gasteiger partial charge in [0, 0.05) is 45.7 Å². The van der Waals surface area contributed by atoms with Gasteiger partial charge in [-0.15, -0.1) is 0 Å². The highest BCUT2D eigenvalue weighted by molar-refractivity contribution is 5.85. The zero-order valence-electron chi connectivity index (χ0n) is 12.5. The molecule has 3 rings (SSSR count). The summed E-state index contributed by atoms with van der Waals surface area (Å²) < 4.78 is 5.09. The first-order valence-corrected chi connectivity index (χ1v) is 7.55. The summed E-state index contributed by atoms with van der Waals surface area (Å²) in [6.07, 6.45) is 6.43. The van der Waals surface area contributed by atoms with Crippen molar-refractivity contribution in [3.63, 3.8) is 0 Å². The first-order valence-electron chi connectivity index (χ1n) is 7.55. The molecule has 1 amide bonds. The molecule has 1 atom stereocenters. The van der Waals surface area contributed by atoms with E-state index in [0.29, 0.717) is 13.2 Å². The topological polar surface area (TPSA) is 58.6 Å². The van der Waals surface area contributed by atoms with Gasteiger partial charge in [0.15, 0.2) is 0 Å². The van der Waals surface area contributed by atoms with Gasteiger partial charge in [0.1, 0.15) is 0 Å². The van der Waals surface area contributed by atoms with E-state index in [4.69, 9.17) is 4.74 Å². The maximum atomic E-state index is 12.8. The van der Waals surface area contributed by atoms with Crippen molar-refractivity contribution in [2.75, 3.05) is 44.8 Å². The fraction of sp³-hybridized carbons (Fsp3) is 0.667. The quantitative estimate of drug-likeness (QED) is 0.826. The van der Waals surface area contributed by atoms with E-state index in [1.807, 2.05) is 11.0 Å². The lowest BCUT2D eigenvalue weighted by Crippen LogP contribution is -2.48. The van der Waals surface area contributed by atoms with Crippen LogP contribution in [0.1, 0.15) is 19.3 Å². The molecule has 1 aromatic rings. The van der Waals surface area contributed by atoms with Crippen molar-refractivity contribution < 1.29 is 9.53 Å². The molecule has 0 aromatic carbocycles. The lowest BCUT2D eigenvalue weighted by molar-refractivity contribution is -0.137. The number of hydrogen-bond donors (Lipinski definition) is 0. The molecule has 2 saturated heterocycles. The van der Waals surface area contributed by atoms with E-state index in [2.05, 4.69) is 14.9 Å². The van der Waals surface area contributed by atoms with Crippen LogP contribution in [0.2, 0.25) is 0 Å². The number of carbonyl (C=O) groups is 1. The van der Waals surface area contributed by atoms with Crippen LogP contribution in [0.5, 0.6) is 0 Å². The highest BCUT2D eigenvalue weighted by Crippen LogP contribution is 2.40. The maximum absolute atomic E-state index is 12.8. The summed E-state index contributed by atoms with van der Waals surface area (Å²) in [6.45, 7) is 3.80. The molecule has 6 nitrogen and oxygen atoms in total. The van der Waals surface area contributed by atoms with Crippen LogP contribution in [0.3, 0.4) is 0 Å². The van der Waals surface area contributed by atoms with Crippen LogP contribution in [-0.2, 0) is 9.53 Å². The molecule has 2 aliphatic rings. The average Bonchev–Trinajstić information content (AvgIpc) is 2.83. The second kappa shape index (κ2) is 5.97. The summed E-state index contributed by atoms with van der Waals surface area (Å²) in [5, 5.41) is 0. The van der Waals surface area contributed by atoms with E-state index in [-0.39, 0.29) is 11.3 Å². The van der Waals surface area contributed by atoms with Crippen molar-refractivity contribution in [1.82, 2.24) is 14.9 Å². The number of carbonyl (C=O) groups excluding carboxylic acids is 1. The normalized spacial score (nSPS) is 25.9. The standard InChI is InChI=1S/C15H22N4O2/c1-21-11-10-18-9-5-15(13(18)20)4-2-8-19(12-15)14-16-6-3-7-17-14/h3,6-7H,2,4-5,8-12H2,1H3. The summed E-state index contributed by atoms with van der Waals surface area (Å²) in [4.78, 5) is 25.5. The van der Waals surface area contributed by atoms with Crippen molar-refractivity contribution in [3.05, 3.63) is 18.5 Å². The lowest BCUT2D eigenvalue weighted by Gasteiger charge is -2.39. The van der Waals surface area contributed by atoms with E-state index < -0.39 is 0 Å². The van der Waals surface area contributed by atoms with Gasteiger partial charge in [-0.3, -0.25) is 4.79 Å². The number of aromatic nitrogens is 2. The molecule has 0 radical (unpaired) electrons. The number of hydrogen-bond acceptors (Lipinski definition) is 5. The second-order valence-corrected chi connectivity index (χ2v) is 5.89. The van der Waals surface area contributed by atoms with Gasteiger partial charge in [0.2, 0.25) is 11.9 Å². The average molecular weight is 290 g/mol. The van der Waals surface area contributed by atoms with E-state index in [1.165, 1.54) is 0 Å². The maximum Gasteiger partial charge on any atom is 0.230 e. The number of anilines is 1. The molecule has 2 fully saturated rings. The number of ether oxygens (including phenoxy) is 1. The number of amides is 1. The minimum Gasteiger partial charge on any atom is -0.383 e. The van der Waals surface area contributed by atoms with E-state index in [9.17, 15) is 4.79 Å². The van der Waals surface area contributed by atoms with Crippen molar-refractivity contribution >= 4 is 11.9 Å². The molecule has 2 aliphatic heterocycles. The van der Waals surface area contributed by atoms with Gasteiger partial charge in [0.05, 0.1) is 12.0 Å². The van der Waals surface area contributed by atoms with Crippen LogP contribution < -0.4 is 4.90 Å². The van der Waals surface area contributed by atoms with Crippen molar-refractivity contribution in [1.29, 1.82) is 0 Å². The molecule has 6 heteroatoms. The summed E-state index contributed by atoms with van der Waals surface area (Å²) in [7, 11) is 1.67. The molecule has 0 bridgehead atoms. The molecule has 3 heterocycles. The fourth-order valence-electron chi connectivity index (χ4n) is 3.44. The van der Waals surface area contributed by atoms with Gasteiger partial charge < -0.3 is 14.5 Å². The third kappa shape index (κ3) is 2.72. The number of methoxy groups -OCH3 is 1. The highest BCUT2D eigenvalue weighted by atomic mass is 16.5. The van der Waals surface area contributed by atoms with Crippen molar-refractivity contribution in [2.45, 2.75) is 19.3 Å². The minimum atomic E-state index is -0.245. The Balaban J connectivity index is 1.72. The van der Waals surface area contributed by atoms with Gasteiger partial charge in [-0.1, -0.05) is 0 Å². The molecule has 1 aromatic heterocycles. The second-order valence-electron chi connectivity index (χ2n) is 5.89. The number of rotatable bonds is 4. The molecule has 1 spiro atoms. The summed E-state index contributed by atoms with van der Waals surface area (Å²) >= 11 is 0. The molecule has 0 N–H and O–H groups in total. The Morgan fingerprint density at radius 2 is 2.10 bits per heavy atom. The highest BCUT2D eigenvalue weighted by Gasteiger charge is 2.48. The third-order valence-electron chi connectivity index (χ3n) is 4.58. The Morgan fingerprint density at radius 1 is 1.29 bits per heavy atom. The zero-order valence-corrected chi connectivity index (χ0v) is 12.5. The molecule has 0 aliphatic carbocycles. The number of nitrogens with zero attached hydrogens (tertiary/aromatic N) is 4. The third-order valence-corrected chi connectivity index (χ3v) is 4.58. The molecule has 21 heavy (non-hydrogen) atoms. The minimum absolute atomic E-state index is 0.245. The van der Waals surface area contributed by atoms with Crippen LogP contribution in [0.4, 0.5) is 5.95 Å². The number of likely N-dealkylation sites (tertiary alicyclic amines) is 1. The Kier molecular flexibility index (Phi) is 4.05. The van der Waals surface area contributed by atoms with Crippen LogP contribution in [0, 0.1) is 5.41 Å². The van der Waals surface area contributed by atoms with Gasteiger partial charge in [-0.2, -0.15) is 0 Å². The monoisotopic (exact) mass is 290 g/mol. The summed E-state index contributed by atoms with van der Waals surface area (Å²) in [6, 6.07) is 1.82. The first kappa shape index (κ1) is 14.3. The van der Waals surface area contributed by atoms with E-state index in [0.717, 1.165) is 44.8 Å². The van der Waals surface area contributed by atoms with E-state index in [1.54, 1.807) is 19.5 Å². The van der Waals surface area contributed by atoms with Crippen LogP contribution >= 0.6 is 0 Å². The predicted molar refractivity (Wildman–Crippen MR) is 79.0 cm³/mol. The van der Waals surface area contributed by atoms with E-state index >= 15 is 0 Å². The fourth-order valence-corrected chi connectivity index (χ4v) is 3.44. The summed E-state index contributed by atoms with van der Waals surface area (Å²) in [5.41, 5.74) is -0.245.